The summed E-state index contributed by atoms with van der Waals surface area (Å²) < 4.78 is 24.5. The number of halogens is 1. The van der Waals surface area contributed by atoms with Gasteiger partial charge in [0.05, 0.1) is 25.3 Å². The zero-order chi connectivity index (χ0) is 23.9. The molecule has 0 radical (unpaired) electrons. The van der Waals surface area contributed by atoms with E-state index in [4.69, 9.17) is 9.47 Å². The number of hydrogen-bond donors (Lipinski definition) is 2. The van der Waals surface area contributed by atoms with E-state index in [-0.39, 0.29) is 24.2 Å². The minimum Gasteiger partial charge on any atom is -0.490 e. The standard InChI is InChI=1S/C26H31FN4O3/c1-3-33-23-12-7-18(14-24(23)34-4-2)15-26(32)28-21-6-5-13-31(17-21)25-16-22(29-30-25)19-8-10-20(27)11-9-19/h7-12,14,16,21H,3-6,13,15,17H2,1-2H3,(H,28,32)(H,29,30)/t21-/m1/s1. The highest BCUT2D eigenvalue weighted by atomic mass is 19.1. The lowest BCUT2D eigenvalue weighted by Gasteiger charge is -2.33. The predicted octanol–water partition coefficient (Wildman–Crippen LogP) is 4.34. The lowest BCUT2D eigenvalue weighted by atomic mass is 10.0. The fraction of sp³-hybridized carbons (Fsp3) is 0.385. The minimum atomic E-state index is -0.266. The van der Waals surface area contributed by atoms with Crippen LogP contribution in [-0.2, 0) is 11.2 Å². The molecule has 1 saturated heterocycles. The number of nitrogens with zero attached hydrogens (tertiary/aromatic N) is 2. The Morgan fingerprint density at radius 1 is 1.12 bits per heavy atom. The second kappa shape index (κ2) is 11.0. The van der Waals surface area contributed by atoms with E-state index in [2.05, 4.69) is 20.4 Å². The van der Waals surface area contributed by atoms with Crippen molar-refractivity contribution in [3.05, 3.63) is 59.9 Å². The number of rotatable bonds is 9. The summed E-state index contributed by atoms with van der Waals surface area (Å²) in [6, 6.07) is 14.0. The normalized spacial score (nSPS) is 15.7. The van der Waals surface area contributed by atoms with Crippen LogP contribution in [-0.4, -0.2) is 48.4 Å². The molecule has 8 heteroatoms. The Morgan fingerprint density at radius 3 is 2.65 bits per heavy atom. The first-order valence-corrected chi connectivity index (χ1v) is 11.8. The zero-order valence-corrected chi connectivity index (χ0v) is 19.6. The molecular formula is C26H31FN4O3. The van der Waals surface area contributed by atoms with E-state index < -0.39 is 0 Å². The largest absolute Gasteiger partial charge is 0.490 e. The number of H-pyrrole nitrogens is 1. The molecule has 0 bridgehead atoms. The molecule has 2 aromatic carbocycles. The van der Waals surface area contributed by atoms with Crippen LogP contribution in [0.25, 0.3) is 11.3 Å². The Kier molecular flexibility index (Phi) is 7.67. The molecule has 4 rings (SSSR count). The molecular weight excluding hydrogens is 435 g/mol. The number of hydrogen-bond acceptors (Lipinski definition) is 5. The van der Waals surface area contributed by atoms with E-state index in [1.807, 2.05) is 38.1 Å². The minimum absolute atomic E-state index is 0.0208. The fourth-order valence-corrected chi connectivity index (χ4v) is 4.22. The highest BCUT2D eigenvalue weighted by Crippen LogP contribution is 2.29. The van der Waals surface area contributed by atoms with Crippen LogP contribution in [0.5, 0.6) is 11.5 Å². The van der Waals surface area contributed by atoms with Crippen molar-refractivity contribution in [2.24, 2.45) is 0 Å². The van der Waals surface area contributed by atoms with Crippen molar-refractivity contribution in [2.45, 2.75) is 39.2 Å². The van der Waals surface area contributed by atoms with Crippen LogP contribution in [0.4, 0.5) is 10.2 Å². The number of benzene rings is 2. The van der Waals surface area contributed by atoms with E-state index in [0.717, 1.165) is 42.0 Å². The maximum atomic E-state index is 13.2. The number of aromatic amines is 1. The van der Waals surface area contributed by atoms with Gasteiger partial charge < -0.3 is 19.7 Å². The summed E-state index contributed by atoms with van der Waals surface area (Å²) in [5.41, 5.74) is 2.60. The summed E-state index contributed by atoms with van der Waals surface area (Å²) in [5.74, 6) is 1.89. The van der Waals surface area contributed by atoms with Crippen LogP contribution < -0.4 is 19.7 Å². The second-order valence-corrected chi connectivity index (χ2v) is 8.32. The number of nitrogens with one attached hydrogen (secondary N) is 2. The smallest absolute Gasteiger partial charge is 0.224 e. The number of piperidine rings is 1. The van der Waals surface area contributed by atoms with E-state index in [0.29, 0.717) is 31.3 Å². The highest BCUT2D eigenvalue weighted by molar-refractivity contribution is 5.79. The van der Waals surface area contributed by atoms with Crippen LogP contribution in [0.2, 0.25) is 0 Å². The van der Waals surface area contributed by atoms with Gasteiger partial charge >= 0.3 is 0 Å². The first-order chi connectivity index (χ1) is 16.6. The molecule has 1 atom stereocenters. The van der Waals surface area contributed by atoms with Crippen molar-refractivity contribution in [3.63, 3.8) is 0 Å². The fourth-order valence-electron chi connectivity index (χ4n) is 4.22. The van der Waals surface area contributed by atoms with Gasteiger partial charge in [0.15, 0.2) is 17.3 Å². The van der Waals surface area contributed by atoms with Gasteiger partial charge in [-0.05, 0) is 74.2 Å². The van der Waals surface area contributed by atoms with Crippen LogP contribution in [0.1, 0.15) is 32.3 Å². The quantitative estimate of drug-likeness (QED) is 0.490. The average molecular weight is 467 g/mol. The molecule has 1 fully saturated rings. The van der Waals surface area contributed by atoms with E-state index in [1.165, 1.54) is 12.1 Å². The molecule has 0 unspecified atom stereocenters. The lowest BCUT2D eigenvalue weighted by Crippen LogP contribution is -2.48. The lowest BCUT2D eigenvalue weighted by molar-refractivity contribution is -0.121. The van der Waals surface area contributed by atoms with Gasteiger partial charge in [-0.15, -0.1) is 0 Å². The van der Waals surface area contributed by atoms with E-state index in [1.54, 1.807) is 12.1 Å². The summed E-state index contributed by atoms with van der Waals surface area (Å²) in [5, 5.41) is 10.6. The predicted molar refractivity (Wildman–Crippen MR) is 130 cm³/mol. The van der Waals surface area contributed by atoms with Gasteiger partial charge in [-0.2, -0.15) is 5.10 Å². The number of amides is 1. The molecule has 1 aliphatic heterocycles. The van der Waals surface area contributed by atoms with Gasteiger partial charge in [0, 0.05) is 25.2 Å². The van der Waals surface area contributed by atoms with Crippen LogP contribution >= 0.6 is 0 Å². The topological polar surface area (TPSA) is 79.5 Å². The van der Waals surface area contributed by atoms with Gasteiger partial charge in [0.1, 0.15) is 5.82 Å². The molecule has 0 aliphatic carbocycles. The molecule has 180 valence electrons. The Balaban J connectivity index is 1.35. The summed E-state index contributed by atoms with van der Waals surface area (Å²) >= 11 is 0. The van der Waals surface area contributed by atoms with Crippen molar-refractivity contribution in [2.75, 3.05) is 31.2 Å². The third-order valence-corrected chi connectivity index (χ3v) is 5.80. The van der Waals surface area contributed by atoms with Crippen LogP contribution in [0.15, 0.2) is 48.5 Å². The van der Waals surface area contributed by atoms with Gasteiger partial charge in [-0.3, -0.25) is 9.89 Å². The third-order valence-electron chi connectivity index (χ3n) is 5.80. The first kappa shape index (κ1) is 23.6. The number of ether oxygens (including phenoxy) is 2. The Labute approximate surface area is 199 Å². The van der Waals surface area contributed by atoms with E-state index >= 15 is 0 Å². The van der Waals surface area contributed by atoms with E-state index in [9.17, 15) is 9.18 Å². The molecule has 1 amide bonds. The Hall–Kier alpha value is -3.55. The Morgan fingerprint density at radius 2 is 1.88 bits per heavy atom. The monoisotopic (exact) mass is 466 g/mol. The second-order valence-electron chi connectivity index (χ2n) is 8.32. The molecule has 1 aliphatic rings. The number of carbonyl (C=O) groups excluding carboxylic acids is 1. The molecule has 34 heavy (non-hydrogen) atoms. The van der Waals surface area contributed by atoms with Crippen LogP contribution in [0, 0.1) is 5.82 Å². The zero-order valence-electron chi connectivity index (χ0n) is 19.6. The van der Waals surface area contributed by atoms with Crippen molar-refractivity contribution in [3.8, 4) is 22.8 Å². The maximum absolute atomic E-state index is 13.2. The van der Waals surface area contributed by atoms with Gasteiger partial charge in [0.2, 0.25) is 5.91 Å². The maximum Gasteiger partial charge on any atom is 0.224 e. The van der Waals surface area contributed by atoms with Crippen molar-refractivity contribution < 1.29 is 18.7 Å². The summed E-state index contributed by atoms with van der Waals surface area (Å²) in [4.78, 5) is 14.9. The summed E-state index contributed by atoms with van der Waals surface area (Å²) in [7, 11) is 0. The average Bonchev–Trinajstić information content (AvgIpc) is 3.32. The van der Waals surface area contributed by atoms with Crippen molar-refractivity contribution >= 4 is 11.7 Å². The highest BCUT2D eigenvalue weighted by Gasteiger charge is 2.23. The molecule has 7 nitrogen and oxygen atoms in total. The molecule has 2 heterocycles. The van der Waals surface area contributed by atoms with Gasteiger partial charge in [-0.1, -0.05) is 6.07 Å². The van der Waals surface area contributed by atoms with Gasteiger partial charge in [-0.25, -0.2) is 4.39 Å². The van der Waals surface area contributed by atoms with Crippen LogP contribution in [0.3, 0.4) is 0 Å². The number of carbonyl (C=O) groups is 1. The Bertz CT molecular complexity index is 1100. The molecule has 0 saturated carbocycles. The molecule has 1 aromatic heterocycles. The van der Waals surface area contributed by atoms with Crippen molar-refractivity contribution in [1.82, 2.24) is 15.5 Å². The molecule has 0 spiro atoms. The van der Waals surface area contributed by atoms with Crippen molar-refractivity contribution in [1.29, 1.82) is 0 Å². The third kappa shape index (κ3) is 5.87. The SMILES string of the molecule is CCOc1ccc(CC(=O)N[C@@H]2CCCN(c3cc(-c4ccc(F)cc4)[nH]n3)C2)cc1OCC. The molecule has 2 N–H and O–H groups in total. The number of aromatic nitrogens is 2. The first-order valence-electron chi connectivity index (χ1n) is 11.8. The summed E-state index contributed by atoms with van der Waals surface area (Å²) in [6.07, 6.45) is 2.16. The number of anilines is 1. The molecule has 3 aromatic rings. The summed E-state index contributed by atoms with van der Waals surface area (Å²) in [6.45, 7) is 6.50. The van der Waals surface area contributed by atoms with Gasteiger partial charge in [0.25, 0.3) is 0 Å².